The minimum atomic E-state index is -0.527. The summed E-state index contributed by atoms with van der Waals surface area (Å²) in [5, 5.41) is 2.52. The number of ether oxygens (including phenoxy) is 1. The van der Waals surface area contributed by atoms with Crippen molar-refractivity contribution < 1.29 is 28.7 Å². The van der Waals surface area contributed by atoms with Crippen LogP contribution in [0, 0.1) is 13.8 Å². The second-order valence-corrected chi connectivity index (χ2v) is 21.0. The molecule has 2 heterocycles. The quantitative estimate of drug-likeness (QED) is 0.202. The van der Waals surface area contributed by atoms with Crippen LogP contribution < -0.4 is 10.2 Å². The van der Waals surface area contributed by atoms with E-state index in [2.05, 4.69) is 44.0 Å². The predicted octanol–water partition coefficient (Wildman–Crippen LogP) is 10.7. The van der Waals surface area contributed by atoms with E-state index in [1.54, 1.807) is 16.7 Å². The first-order valence-electron chi connectivity index (χ1n) is 23.2. The van der Waals surface area contributed by atoms with Gasteiger partial charge in [0, 0.05) is 64.6 Å². The Labute approximate surface area is 384 Å². The van der Waals surface area contributed by atoms with Gasteiger partial charge in [0.05, 0.1) is 16.2 Å². The molecule has 0 spiro atoms. The number of nitrogens with zero attached hydrogens (tertiary/aromatic N) is 3. The molecule has 2 aliphatic carbocycles. The third-order valence-electron chi connectivity index (χ3n) is 12.8. The molecule has 2 saturated carbocycles. The fraction of sp³-hybridized carbons (Fsp3) is 0.549. The first-order valence-corrected chi connectivity index (χ1v) is 25.0. The number of ketones is 1. The zero-order valence-corrected chi connectivity index (χ0v) is 40.3. The Morgan fingerprint density at radius 3 is 1.81 bits per heavy atom. The number of fused-ring (bicyclic) bond motifs is 2. The molecule has 1 N–H and O–H groups in total. The molecule has 0 radical (unpaired) electrons. The third-order valence-corrected chi connectivity index (χ3v) is 15.2. The zero-order valence-electron chi connectivity index (χ0n) is 38.7. The molecule has 0 bridgehead atoms. The van der Waals surface area contributed by atoms with Gasteiger partial charge in [0.15, 0.2) is 0 Å². The molecular formula is C51H68N4O6S2. The van der Waals surface area contributed by atoms with Gasteiger partial charge in [-0.25, -0.2) is 4.79 Å². The number of benzene rings is 3. The van der Waals surface area contributed by atoms with Gasteiger partial charge in [-0.2, -0.15) is 0 Å². The minimum absolute atomic E-state index is 0.0165. The molecule has 2 unspecified atom stereocenters. The van der Waals surface area contributed by atoms with Gasteiger partial charge in [-0.1, -0.05) is 68.9 Å². The number of nitrogens with one attached hydrogen (secondary N) is 1. The maximum atomic E-state index is 13.9. The van der Waals surface area contributed by atoms with Crippen molar-refractivity contribution in [1.29, 1.82) is 0 Å². The van der Waals surface area contributed by atoms with Gasteiger partial charge in [0.25, 0.3) is 11.8 Å². The van der Waals surface area contributed by atoms with Crippen LogP contribution in [-0.4, -0.2) is 87.2 Å². The molecule has 0 aromatic heterocycles. The van der Waals surface area contributed by atoms with Gasteiger partial charge in [0.2, 0.25) is 5.91 Å². The van der Waals surface area contributed by atoms with Crippen LogP contribution in [0.4, 0.5) is 10.5 Å². The maximum absolute atomic E-state index is 13.9. The van der Waals surface area contributed by atoms with Crippen LogP contribution in [0.5, 0.6) is 0 Å². The first-order chi connectivity index (χ1) is 30.1. The molecule has 0 saturated heterocycles. The molecule has 340 valence electrons. The van der Waals surface area contributed by atoms with Gasteiger partial charge >= 0.3 is 6.09 Å². The maximum Gasteiger partial charge on any atom is 0.407 e. The topological polar surface area (TPSA) is 116 Å². The van der Waals surface area contributed by atoms with Crippen molar-refractivity contribution >= 4 is 58.8 Å². The lowest BCUT2D eigenvalue weighted by atomic mass is 9.92. The van der Waals surface area contributed by atoms with Gasteiger partial charge < -0.3 is 24.8 Å². The Balaban J connectivity index is 0.000000228. The lowest BCUT2D eigenvalue weighted by Gasteiger charge is -2.38. The van der Waals surface area contributed by atoms with Crippen molar-refractivity contribution in [2.75, 3.05) is 18.0 Å². The molecule has 12 heteroatoms. The minimum Gasteiger partial charge on any atom is -0.445 e. The van der Waals surface area contributed by atoms with E-state index in [-0.39, 0.29) is 65.3 Å². The average Bonchev–Trinajstić information content (AvgIpc) is 3.25. The molecule has 63 heavy (non-hydrogen) atoms. The number of hydrogen-bond donors (Lipinski definition) is 1. The van der Waals surface area contributed by atoms with Crippen LogP contribution in [-0.2, 0) is 27.4 Å². The first kappa shape index (κ1) is 48.2. The summed E-state index contributed by atoms with van der Waals surface area (Å²) in [5.41, 5.74) is 6.04. The van der Waals surface area contributed by atoms with Crippen molar-refractivity contribution in [2.24, 2.45) is 0 Å². The van der Waals surface area contributed by atoms with Crippen LogP contribution in [0.15, 0.2) is 64.4 Å². The van der Waals surface area contributed by atoms with E-state index >= 15 is 0 Å². The number of thioether (sulfide) groups is 2. The van der Waals surface area contributed by atoms with E-state index in [0.29, 0.717) is 24.6 Å². The smallest absolute Gasteiger partial charge is 0.407 e. The molecule has 10 nitrogen and oxygen atoms in total. The normalized spacial score (nSPS) is 19.2. The lowest BCUT2D eigenvalue weighted by Crippen LogP contribution is -2.46. The number of Topliss-reactive ketones (excluding diaryl/α,β-unsaturated/α-hetero) is 1. The van der Waals surface area contributed by atoms with E-state index in [0.717, 1.165) is 81.8 Å². The molecule has 2 fully saturated rings. The van der Waals surface area contributed by atoms with E-state index in [4.69, 9.17) is 4.74 Å². The molecule has 3 aromatic rings. The Morgan fingerprint density at radius 1 is 0.730 bits per heavy atom. The molecule has 3 aromatic carbocycles. The highest BCUT2D eigenvalue weighted by molar-refractivity contribution is 8.01. The second-order valence-electron chi connectivity index (χ2n) is 18.2. The van der Waals surface area contributed by atoms with Gasteiger partial charge in [0.1, 0.15) is 12.4 Å². The summed E-state index contributed by atoms with van der Waals surface area (Å²) in [5.74, 6) is 0.397. The lowest BCUT2D eigenvalue weighted by molar-refractivity contribution is -0.118. The summed E-state index contributed by atoms with van der Waals surface area (Å²) in [4.78, 5) is 72.8. The van der Waals surface area contributed by atoms with Crippen molar-refractivity contribution in [1.82, 2.24) is 15.1 Å². The third kappa shape index (κ3) is 11.9. The highest BCUT2D eigenvalue weighted by Gasteiger charge is 2.35. The number of alkyl carbamates (subject to hydrolysis) is 1. The molecule has 7 rings (SSSR count). The van der Waals surface area contributed by atoms with Crippen LogP contribution in [0.3, 0.4) is 0 Å². The van der Waals surface area contributed by atoms with Crippen LogP contribution in [0.25, 0.3) is 0 Å². The number of carbonyl (C=O) groups is 5. The summed E-state index contributed by atoms with van der Waals surface area (Å²) < 4.78 is 5.30. The summed E-state index contributed by atoms with van der Waals surface area (Å²) in [7, 11) is 0. The van der Waals surface area contributed by atoms with Crippen LogP contribution >= 0.6 is 23.5 Å². The van der Waals surface area contributed by atoms with E-state index < -0.39 is 6.09 Å². The van der Waals surface area contributed by atoms with Gasteiger partial charge in [-0.15, -0.1) is 23.5 Å². The molecule has 2 atom stereocenters. The van der Waals surface area contributed by atoms with E-state index in [1.807, 2.05) is 81.1 Å². The fourth-order valence-electron chi connectivity index (χ4n) is 9.49. The molecule has 4 aliphatic rings. The number of rotatable bonds is 11. The number of anilines is 1. The van der Waals surface area contributed by atoms with Crippen molar-refractivity contribution in [3.05, 3.63) is 88.0 Å². The van der Waals surface area contributed by atoms with Crippen molar-refractivity contribution in [3.63, 3.8) is 0 Å². The summed E-state index contributed by atoms with van der Waals surface area (Å²) >= 11 is 3.14. The molecule has 2 aliphatic heterocycles. The number of hydrogen-bond acceptors (Lipinski definition) is 8. The largest absolute Gasteiger partial charge is 0.445 e. The SMILES string of the molecule is Cc1cc2c(cc1C(=O)N(C(C)C)C1CCCCC1)CC(=O)C(C)S2.Cc1cc2c(cc1C(=O)N(C(C)C)C1CCCCC1)N(CCNC(=O)OCc1ccccc1)C(=O)C(C)S2. The Kier molecular flexibility index (Phi) is 16.9. The number of aryl methyl sites for hydroxylation is 2. The molecular weight excluding hydrogens is 829 g/mol. The predicted molar refractivity (Wildman–Crippen MR) is 255 cm³/mol. The van der Waals surface area contributed by atoms with E-state index in [1.165, 1.54) is 37.4 Å². The van der Waals surface area contributed by atoms with Gasteiger partial charge in [-0.05, 0) is 128 Å². The van der Waals surface area contributed by atoms with Gasteiger partial charge in [-0.3, -0.25) is 19.2 Å². The zero-order chi connectivity index (χ0) is 45.4. The van der Waals surface area contributed by atoms with Crippen LogP contribution in [0.2, 0.25) is 0 Å². The van der Waals surface area contributed by atoms with E-state index in [9.17, 15) is 24.0 Å². The Hall–Kier alpha value is -4.29. The Morgan fingerprint density at radius 2 is 1.25 bits per heavy atom. The average molecular weight is 897 g/mol. The summed E-state index contributed by atoms with van der Waals surface area (Å²) in [6.07, 6.45) is 11.5. The number of carbonyl (C=O) groups excluding carboxylic acids is 5. The number of amides is 4. The Bertz CT molecular complexity index is 2110. The summed E-state index contributed by atoms with van der Waals surface area (Å²) in [6.45, 7) is 17.0. The second kappa shape index (κ2) is 22.1. The highest BCUT2D eigenvalue weighted by Crippen LogP contribution is 2.42. The monoisotopic (exact) mass is 896 g/mol. The highest BCUT2D eigenvalue weighted by atomic mass is 32.2. The standard InChI is InChI=1S/C30H39N3O4S.C21H29NO2S/c1-20(2)33(24-13-9-6-10-14-24)29(35)25-18-26-27(17-21(25)3)38-22(4)28(34)32(26)16-15-31-30(36)37-19-23-11-7-5-8-12-23;1-13(2)22(17-8-6-5-7-9-17)21(24)18-11-16-12-19(23)15(4)25-20(16)10-14(18)3/h5,7-8,11-12,17-18,20,22,24H,6,9-10,13-16,19H2,1-4H3,(H,31,36);10-11,13,15,17H,5-9,12H2,1-4H3. The van der Waals surface area contributed by atoms with Crippen molar-refractivity contribution in [3.8, 4) is 0 Å². The van der Waals surface area contributed by atoms with Crippen molar-refractivity contribution in [2.45, 2.75) is 177 Å². The fourth-order valence-corrected chi connectivity index (χ4v) is 11.8. The van der Waals surface area contributed by atoms with Crippen LogP contribution in [0.1, 0.15) is 149 Å². The summed E-state index contributed by atoms with van der Waals surface area (Å²) in [6, 6.07) is 18.4. The molecule has 4 amide bonds.